The van der Waals surface area contributed by atoms with Gasteiger partial charge in [-0.05, 0) is 43.2 Å². The van der Waals surface area contributed by atoms with Crippen LogP contribution in [0.5, 0.6) is 5.88 Å². The molecule has 0 saturated carbocycles. The number of anilines is 1. The zero-order valence-electron chi connectivity index (χ0n) is 18.2. The van der Waals surface area contributed by atoms with Gasteiger partial charge in [-0.25, -0.2) is 15.0 Å². The van der Waals surface area contributed by atoms with Crippen molar-refractivity contribution in [2.45, 2.75) is 19.9 Å². The summed E-state index contributed by atoms with van der Waals surface area (Å²) in [7, 11) is 1.59. The van der Waals surface area contributed by atoms with E-state index in [9.17, 15) is 0 Å². The average Bonchev–Trinajstić information content (AvgIpc) is 3.27. The molecule has 0 spiro atoms. The van der Waals surface area contributed by atoms with Crippen LogP contribution >= 0.6 is 0 Å². The molecule has 0 aliphatic carbocycles. The topological polar surface area (TPSA) is 76.2 Å². The second-order valence-electron chi connectivity index (χ2n) is 7.99. The fourth-order valence-electron chi connectivity index (χ4n) is 4.21. The normalized spacial score (nSPS) is 16.5. The first-order chi connectivity index (χ1) is 15.5. The molecule has 1 saturated heterocycles. The van der Waals surface area contributed by atoms with Gasteiger partial charge in [0.1, 0.15) is 5.82 Å². The van der Waals surface area contributed by atoms with Crippen LogP contribution in [-0.2, 0) is 4.74 Å². The largest absolute Gasteiger partial charge is 0.481 e. The van der Waals surface area contributed by atoms with Crippen molar-refractivity contribution in [2.24, 2.45) is 0 Å². The summed E-state index contributed by atoms with van der Waals surface area (Å²) in [4.78, 5) is 18.5. The van der Waals surface area contributed by atoms with Crippen molar-refractivity contribution in [3.05, 3.63) is 54.4 Å². The maximum Gasteiger partial charge on any atom is 0.223 e. The monoisotopic (exact) mass is 433 g/mol. The van der Waals surface area contributed by atoms with Crippen molar-refractivity contribution in [3.8, 4) is 28.3 Å². The molecule has 164 valence electrons. The van der Waals surface area contributed by atoms with Crippen LogP contribution in [0.1, 0.15) is 12.5 Å². The summed E-state index contributed by atoms with van der Waals surface area (Å²) in [6, 6.07) is 7.82. The quantitative estimate of drug-likeness (QED) is 0.482. The number of methoxy groups -OCH3 is 1. The average molecular weight is 433 g/mol. The Balaban J connectivity index is 1.73. The molecule has 0 aromatic carbocycles. The van der Waals surface area contributed by atoms with E-state index >= 15 is 4.39 Å². The highest BCUT2D eigenvalue weighted by Crippen LogP contribution is 2.35. The van der Waals surface area contributed by atoms with Gasteiger partial charge in [-0.3, -0.25) is 0 Å². The third kappa shape index (κ3) is 3.56. The summed E-state index contributed by atoms with van der Waals surface area (Å²) in [6.07, 6.45) is 5.06. The van der Waals surface area contributed by atoms with Gasteiger partial charge in [0.25, 0.3) is 0 Å². The zero-order chi connectivity index (χ0) is 22.2. The molecule has 5 heterocycles. The van der Waals surface area contributed by atoms with Gasteiger partial charge in [-0.1, -0.05) is 0 Å². The number of ether oxygens (including phenoxy) is 2. The minimum Gasteiger partial charge on any atom is -0.481 e. The molecule has 1 N–H and O–H groups in total. The smallest absolute Gasteiger partial charge is 0.223 e. The molecular weight excluding hydrogens is 409 g/mol. The summed E-state index contributed by atoms with van der Waals surface area (Å²) in [5.74, 6) is 0.776. The summed E-state index contributed by atoms with van der Waals surface area (Å²) >= 11 is 0. The molecule has 4 aromatic heterocycles. The van der Waals surface area contributed by atoms with Gasteiger partial charge in [0.15, 0.2) is 0 Å². The van der Waals surface area contributed by atoms with Gasteiger partial charge in [0.05, 0.1) is 49.3 Å². The minimum absolute atomic E-state index is 0.153. The number of nitrogens with zero attached hydrogens (tertiary/aromatic N) is 4. The second-order valence-corrected chi connectivity index (χ2v) is 7.99. The number of rotatable bonds is 4. The lowest BCUT2D eigenvalue weighted by atomic mass is 10.00. The number of fused-ring (bicyclic) bond motifs is 1. The Morgan fingerprint density at radius 3 is 2.88 bits per heavy atom. The van der Waals surface area contributed by atoms with Crippen LogP contribution < -0.4 is 9.64 Å². The van der Waals surface area contributed by atoms with Crippen molar-refractivity contribution >= 4 is 16.7 Å². The fourth-order valence-corrected chi connectivity index (χ4v) is 4.21. The van der Waals surface area contributed by atoms with Crippen LogP contribution in [0.4, 0.5) is 10.2 Å². The Morgan fingerprint density at radius 2 is 2.09 bits per heavy atom. The van der Waals surface area contributed by atoms with Crippen LogP contribution in [0.3, 0.4) is 0 Å². The van der Waals surface area contributed by atoms with E-state index in [4.69, 9.17) is 14.5 Å². The van der Waals surface area contributed by atoms with Crippen LogP contribution in [0.25, 0.3) is 33.3 Å². The number of pyridine rings is 3. The molecule has 4 aromatic rings. The van der Waals surface area contributed by atoms with Crippen molar-refractivity contribution in [1.82, 2.24) is 19.9 Å². The number of aromatic nitrogens is 4. The first-order valence-corrected chi connectivity index (χ1v) is 10.5. The van der Waals surface area contributed by atoms with Gasteiger partial charge >= 0.3 is 0 Å². The Bertz CT molecular complexity index is 1290. The standard InChI is InChI=1S/C24H24FN5O2/c1-14-8-22(31-3)27-11-18(14)16-9-19(23-17-4-5-26-20(17)12-28-24(23)25)29-21(10-16)30-6-7-32-13-15(30)2/h4-5,8-12,15,26H,6-7,13H2,1-3H3/t15-/m1/s1. The summed E-state index contributed by atoms with van der Waals surface area (Å²) in [6.45, 7) is 6.06. The molecule has 1 aliphatic heterocycles. The number of halogens is 1. The lowest BCUT2D eigenvalue weighted by Gasteiger charge is -2.34. The third-order valence-corrected chi connectivity index (χ3v) is 5.90. The maximum atomic E-state index is 15.0. The highest BCUT2D eigenvalue weighted by Gasteiger charge is 2.23. The molecule has 32 heavy (non-hydrogen) atoms. The molecular formula is C24H24FN5O2. The molecule has 0 radical (unpaired) electrons. The highest BCUT2D eigenvalue weighted by atomic mass is 19.1. The molecule has 1 atom stereocenters. The molecule has 1 fully saturated rings. The maximum absolute atomic E-state index is 15.0. The lowest BCUT2D eigenvalue weighted by Crippen LogP contribution is -2.44. The van der Waals surface area contributed by atoms with E-state index in [1.165, 1.54) is 6.20 Å². The van der Waals surface area contributed by atoms with Crippen molar-refractivity contribution in [1.29, 1.82) is 0 Å². The highest BCUT2D eigenvalue weighted by molar-refractivity contribution is 5.94. The number of hydrogen-bond donors (Lipinski definition) is 1. The van der Waals surface area contributed by atoms with Crippen LogP contribution in [0.15, 0.2) is 42.9 Å². The lowest BCUT2D eigenvalue weighted by molar-refractivity contribution is 0.0985. The molecule has 0 bridgehead atoms. The van der Waals surface area contributed by atoms with E-state index in [1.807, 2.05) is 31.2 Å². The van der Waals surface area contributed by atoms with E-state index in [2.05, 4.69) is 26.8 Å². The Hall–Kier alpha value is -3.52. The number of aryl methyl sites for hydroxylation is 1. The molecule has 8 heteroatoms. The number of nitrogens with one attached hydrogen (secondary N) is 1. The van der Waals surface area contributed by atoms with Crippen molar-refractivity contribution in [2.75, 3.05) is 31.8 Å². The van der Waals surface area contributed by atoms with Crippen LogP contribution in [-0.4, -0.2) is 52.8 Å². The van der Waals surface area contributed by atoms with Crippen molar-refractivity contribution in [3.63, 3.8) is 0 Å². The first kappa shape index (κ1) is 20.4. The predicted molar refractivity (Wildman–Crippen MR) is 121 cm³/mol. The number of H-pyrrole nitrogens is 1. The van der Waals surface area contributed by atoms with Gasteiger partial charge in [-0.2, -0.15) is 4.39 Å². The number of hydrogen-bond acceptors (Lipinski definition) is 6. The van der Waals surface area contributed by atoms with Gasteiger partial charge < -0.3 is 19.4 Å². The Kier molecular flexibility index (Phi) is 5.22. The first-order valence-electron chi connectivity index (χ1n) is 10.5. The Morgan fingerprint density at radius 1 is 1.22 bits per heavy atom. The van der Waals surface area contributed by atoms with Gasteiger partial charge in [0, 0.05) is 36.0 Å². The predicted octanol–water partition coefficient (Wildman–Crippen LogP) is 4.37. The number of aromatic amines is 1. The summed E-state index contributed by atoms with van der Waals surface area (Å²) in [5.41, 5.74) is 4.52. The minimum atomic E-state index is -0.549. The SMILES string of the molecule is COc1cc(C)c(-c2cc(-c3c(F)ncc4[nH]ccc34)nc(N3CCOC[C@H]3C)c2)cn1. The second kappa shape index (κ2) is 8.20. The third-order valence-electron chi connectivity index (χ3n) is 5.90. The van der Waals surface area contributed by atoms with Gasteiger partial charge in [-0.15, -0.1) is 0 Å². The molecule has 0 unspecified atom stereocenters. The van der Waals surface area contributed by atoms with E-state index < -0.39 is 5.95 Å². The Labute approximate surface area is 185 Å². The zero-order valence-corrected chi connectivity index (χ0v) is 18.2. The van der Waals surface area contributed by atoms with E-state index in [1.54, 1.807) is 19.5 Å². The van der Waals surface area contributed by atoms with E-state index in [0.29, 0.717) is 36.9 Å². The van der Waals surface area contributed by atoms with Crippen LogP contribution in [0.2, 0.25) is 0 Å². The summed E-state index contributed by atoms with van der Waals surface area (Å²) < 4.78 is 25.9. The number of morpholine rings is 1. The van der Waals surface area contributed by atoms with E-state index in [-0.39, 0.29) is 6.04 Å². The van der Waals surface area contributed by atoms with Crippen LogP contribution in [0, 0.1) is 12.9 Å². The van der Waals surface area contributed by atoms with Crippen molar-refractivity contribution < 1.29 is 13.9 Å². The van der Waals surface area contributed by atoms with Gasteiger partial charge in [0.2, 0.25) is 11.8 Å². The van der Waals surface area contributed by atoms with E-state index in [0.717, 1.165) is 33.4 Å². The molecule has 5 rings (SSSR count). The summed E-state index contributed by atoms with van der Waals surface area (Å²) in [5, 5.41) is 0.743. The molecule has 0 amide bonds. The molecule has 7 nitrogen and oxygen atoms in total. The fraction of sp³-hybridized carbons (Fsp3) is 0.292. The molecule has 1 aliphatic rings.